The monoisotopic (exact) mass is 470 g/mol. The van der Waals surface area contributed by atoms with Crippen LogP contribution in [0.2, 0.25) is 0 Å². The maximum Gasteiger partial charge on any atom is 0.219 e. The van der Waals surface area contributed by atoms with Crippen LogP contribution in [-0.4, -0.2) is 58.4 Å². The highest BCUT2D eigenvalue weighted by Gasteiger charge is 2.31. The van der Waals surface area contributed by atoms with E-state index >= 15 is 0 Å². The number of benzene rings is 1. The average Bonchev–Trinajstić information content (AvgIpc) is 3.53. The molecule has 5 heterocycles. The number of hydrogen-bond acceptors (Lipinski definition) is 6. The maximum atomic E-state index is 12.2. The Morgan fingerprint density at radius 1 is 1.20 bits per heavy atom. The van der Waals surface area contributed by atoms with E-state index in [1.807, 2.05) is 11.1 Å². The van der Waals surface area contributed by atoms with Crippen LogP contribution in [0.15, 0.2) is 30.5 Å². The minimum absolute atomic E-state index is 0.0729. The fraction of sp³-hybridized carbons (Fsp3) is 0.481. The molecule has 8 heteroatoms. The second-order valence-electron chi connectivity index (χ2n) is 9.88. The fourth-order valence-electron chi connectivity index (χ4n) is 5.78. The zero-order valence-electron chi connectivity index (χ0n) is 20.1. The summed E-state index contributed by atoms with van der Waals surface area (Å²) in [5.74, 6) is 1.10. The van der Waals surface area contributed by atoms with Crippen molar-refractivity contribution in [2.75, 3.05) is 37.7 Å². The number of fused-ring (bicyclic) bond motifs is 2. The van der Waals surface area contributed by atoms with Gasteiger partial charge in [0, 0.05) is 81.1 Å². The first-order valence-electron chi connectivity index (χ1n) is 12.6. The predicted octanol–water partition coefficient (Wildman–Crippen LogP) is 3.70. The van der Waals surface area contributed by atoms with Crippen molar-refractivity contribution in [1.29, 1.82) is 5.26 Å². The summed E-state index contributed by atoms with van der Waals surface area (Å²) in [4.78, 5) is 21.1. The van der Waals surface area contributed by atoms with E-state index in [1.54, 1.807) is 6.92 Å². The van der Waals surface area contributed by atoms with Gasteiger partial charge in [-0.15, -0.1) is 0 Å². The Hall–Kier alpha value is -3.44. The highest BCUT2D eigenvalue weighted by Crippen LogP contribution is 2.37. The van der Waals surface area contributed by atoms with Gasteiger partial charge < -0.3 is 14.5 Å². The van der Waals surface area contributed by atoms with Crippen molar-refractivity contribution in [3.8, 4) is 17.3 Å². The molecule has 0 aliphatic carbocycles. The van der Waals surface area contributed by atoms with Gasteiger partial charge in [0.2, 0.25) is 5.91 Å². The molecule has 2 saturated heterocycles. The third-order valence-corrected chi connectivity index (χ3v) is 7.77. The predicted molar refractivity (Wildman–Crippen MR) is 133 cm³/mol. The molecular weight excluding hydrogens is 440 g/mol. The quantitative estimate of drug-likeness (QED) is 0.580. The molecule has 180 valence electrons. The third kappa shape index (κ3) is 3.94. The number of pyridine rings is 1. The summed E-state index contributed by atoms with van der Waals surface area (Å²) in [5.41, 5.74) is 4.44. The number of nitrogens with zero attached hydrogens (tertiary/aromatic N) is 6. The molecule has 8 nitrogen and oxygen atoms in total. The standard InChI is InChI=1S/C27H30N6O2/c1-18(34)31-10-6-25-24(17-31)27(30-33(25)21-7-11-35-12-8-21)22-4-2-3-20-13-26(29-15-23(20)22)32-9-5-19(14-28)16-32/h2-4,13,15,19,21H,5-12,16-17H2,1H3. The van der Waals surface area contributed by atoms with E-state index in [4.69, 9.17) is 14.8 Å². The molecule has 1 aromatic carbocycles. The Kier molecular flexibility index (Phi) is 5.65. The Morgan fingerprint density at radius 3 is 2.83 bits per heavy atom. The molecule has 1 amide bonds. The van der Waals surface area contributed by atoms with Gasteiger partial charge in [0.15, 0.2) is 0 Å². The maximum absolute atomic E-state index is 12.2. The summed E-state index contributed by atoms with van der Waals surface area (Å²) >= 11 is 0. The van der Waals surface area contributed by atoms with E-state index < -0.39 is 0 Å². The summed E-state index contributed by atoms with van der Waals surface area (Å²) < 4.78 is 7.84. The molecule has 0 radical (unpaired) electrons. The van der Waals surface area contributed by atoms with Gasteiger partial charge in [-0.05, 0) is 30.7 Å². The second-order valence-corrected chi connectivity index (χ2v) is 9.88. The normalized spacial score (nSPS) is 20.7. The van der Waals surface area contributed by atoms with Gasteiger partial charge in [-0.1, -0.05) is 18.2 Å². The Balaban J connectivity index is 1.43. The first-order valence-corrected chi connectivity index (χ1v) is 12.6. The first-order chi connectivity index (χ1) is 17.1. The Morgan fingerprint density at radius 2 is 2.06 bits per heavy atom. The van der Waals surface area contributed by atoms with Crippen molar-refractivity contribution in [1.82, 2.24) is 19.7 Å². The van der Waals surface area contributed by atoms with Crippen LogP contribution in [-0.2, 0) is 22.5 Å². The van der Waals surface area contributed by atoms with E-state index in [0.717, 1.165) is 91.9 Å². The Labute approximate surface area is 205 Å². The lowest BCUT2D eigenvalue weighted by Crippen LogP contribution is -2.35. The van der Waals surface area contributed by atoms with Crippen molar-refractivity contribution in [2.24, 2.45) is 5.92 Å². The van der Waals surface area contributed by atoms with Gasteiger partial charge >= 0.3 is 0 Å². The van der Waals surface area contributed by atoms with Gasteiger partial charge in [-0.2, -0.15) is 10.4 Å². The highest BCUT2D eigenvalue weighted by molar-refractivity contribution is 5.97. The summed E-state index contributed by atoms with van der Waals surface area (Å²) in [6.07, 6.45) is 5.58. The number of anilines is 1. The molecular formula is C27H30N6O2. The number of amides is 1. The average molecular weight is 471 g/mol. The van der Waals surface area contributed by atoms with Crippen LogP contribution in [0.1, 0.15) is 43.5 Å². The molecule has 35 heavy (non-hydrogen) atoms. The number of nitriles is 1. The van der Waals surface area contributed by atoms with Crippen molar-refractivity contribution in [3.63, 3.8) is 0 Å². The number of carbonyl (C=O) groups is 1. The molecule has 0 saturated carbocycles. The zero-order valence-corrected chi connectivity index (χ0v) is 20.1. The van der Waals surface area contributed by atoms with Gasteiger partial charge in [0.1, 0.15) is 5.82 Å². The number of carbonyl (C=O) groups excluding carboxylic acids is 1. The molecule has 3 aliphatic rings. The number of aromatic nitrogens is 3. The lowest BCUT2D eigenvalue weighted by Gasteiger charge is -2.29. The minimum Gasteiger partial charge on any atom is -0.381 e. The van der Waals surface area contributed by atoms with E-state index in [1.165, 1.54) is 5.69 Å². The number of hydrogen-bond donors (Lipinski definition) is 0. The first kappa shape index (κ1) is 22.1. The van der Waals surface area contributed by atoms with Crippen LogP contribution in [0.4, 0.5) is 5.82 Å². The summed E-state index contributed by atoms with van der Waals surface area (Å²) in [5, 5.41) is 16.6. The van der Waals surface area contributed by atoms with E-state index in [2.05, 4.69) is 39.9 Å². The summed E-state index contributed by atoms with van der Waals surface area (Å²) in [6.45, 7) is 6.09. The van der Waals surface area contributed by atoms with Gasteiger partial charge in [-0.3, -0.25) is 9.48 Å². The van der Waals surface area contributed by atoms with Crippen LogP contribution in [0.3, 0.4) is 0 Å². The lowest BCUT2D eigenvalue weighted by molar-refractivity contribution is -0.129. The lowest BCUT2D eigenvalue weighted by atomic mass is 9.97. The highest BCUT2D eigenvalue weighted by atomic mass is 16.5. The van der Waals surface area contributed by atoms with E-state index in [0.29, 0.717) is 12.6 Å². The zero-order chi connectivity index (χ0) is 23.9. The molecule has 0 spiro atoms. The van der Waals surface area contributed by atoms with Crippen molar-refractivity contribution >= 4 is 22.5 Å². The van der Waals surface area contributed by atoms with Gasteiger partial charge in [0.25, 0.3) is 0 Å². The molecule has 0 N–H and O–H groups in total. The van der Waals surface area contributed by atoms with E-state index in [9.17, 15) is 10.1 Å². The minimum atomic E-state index is 0.0729. The smallest absolute Gasteiger partial charge is 0.219 e. The molecule has 3 aliphatic heterocycles. The second kappa shape index (κ2) is 8.97. The van der Waals surface area contributed by atoms with Crippen LogP contribution in [0.5, 0.6) is 0 Å². The van der Waals surface area contributed by atoms with E-state index in [-0.39, 0.29) is 11.8 Å². The SMILES string of the molecule is CC(=O)N1CCc2c(c(-c3cccc4cc(N5CCC(C#N)C5)ncc34)nn2C2CCOCC2)C1. The largest absolute Gasteiger partial charge is 0.381 e. The number of rotatable bonds is 3. The van der Waals surface area contributed by atoms with Crippen LogP contribution < -0.4 is 4.90 Å². The summed E-state index contributed by atoms with van der Waals surface area (Å²) in [6, 6.07) is 11.2. The fourth-order valence-corrected chi connectivity index (χ4v) is 5.78. The topological polar surface area (TPSA) is 87.3 Å². The van der Waals surface area contributed by atoms with Crippen LogP contribution >= 0.6 is 0 Å². The van der Waals surface area contributed by atoms with Crippen molar-refractivity contribution < 1.29 is 9.53 Å². The van der Waals surface area contributed by atoms with Gasteiger partial charge in [0.05, 0.1) is 23.7 Å². The van der Waals surface area contributed by atoms with Gasteiger partial charge in [-0.25, -0.2) is 4.98 Å². The number of ether oxygens (including phenoxy) is 1. The molecule has 0 bridgehead atoms. The van der Waals surface area contributed by atoms with Crippen molar-refractivity contribution in [2.45, 2.75) is 45.2 Å². The molecule has 1 unspecified atom stereocenters. The molecule has 3 aromatic rings. The summed E-state index contributed by atoms with van der Waals surface area (Å²) in [7, 11) is 0. The molecule has 1 atom stereocenters. The molecule has 2 fully saturated rings. The molecule has 6 rings (SSSR count). The van der Waals surface area contributed by atoms with Crippen LogP contribution in [0.25, 0.3) is 22.0 Å². The third-order valence-electron chi connectivity index (χ3n) is 7.77. The van der Waals surface area contributed by atoms with Crippen molar-refractivity contribution in [3.05, 3.63) is 41.7 Å². The molecule has 2 aromatic heterocycles. The Bertz CT molecular complexity index is 1320. The van der Waals surface area contributed by atoms with Crippen LogP contribution in [0, 0.1) is 17.2 Å².